The first-order chi connectivity index (χ1) is 11.6. The molecule has 0 saturated heterocycles. The third kappa shape index (κ3) is 3.71. The van der Waals surface area contributed by atoms with Crippen molar-refractivity contribution >= 4 is 17.5 Å². The average Bonchev–Trinajstić information content (AvgIpc) is 2.59. The van der Waals surface area contributed by atoms with Crippen molar-refractivity contribution in [2.24, 2.45) is 0 Å². The largest absolute Gasteiger partial charge is 0.482 e. The molecule has 5 nitrogen and oxygen atoms in total. The van der Waals surface area contributed by atoms with Gasteiger partial charge in [-0.3, -0.25) is 9.59 Å². The molecule has 1 N–H and O–H groups in total. The van der Waals surface area contributed by atoms with Gasteiger partial charge in [-0.25, -0.2) is 4.39 Å². The van der Waals surface area contributed by atoms with Gasteiger partial charge in [0.15, 0.2) is 6.61 Å². The maximum Gasteiger partial charge on any atom is 0.265 e. The Morgan fingerprint density at radius 1 is 1.21 bits per heavy atom. The van der Waals surface area contributed by atoms with E-state index in [2.05, 4.69) is 5.32 Å². The minimum Gasteiger partial charge on any atom is -0.482 e. The van der Waals surface area contributed by atoms with E-state index >= 15 is 0 Å². The molecule has 0 unspecified atom stereocenters. The fourth-order valence-electron chi connectivity index (χ4n) is 2.55. The van der Waals surface area contributed by atoms with Crippen LogP contribution < -0.4 is 15.0 Å². The summed E-state index contributed by atoms with van der Waals surface area (Å²) >= 11 is 0. The molecule has 6 heteroatoms. The summed E-state index contributed by atoms with van der Waals surface area (Å²) in [5, 5.41) is 2.73. The third-order valence-electron chi connectivity index (χ3n) is 3.75. The number of nitrogens with one attached hydrogen (secondary N) is 1. The van der Waals surface area contributed by atoms with E-state index in [0.717, 1.165) is 0 Å². The molecular formula is C18H17FN2O3. The molecule has 0 aliphatic carbocycles. The van der Waals surface area contributed by atoms with Gasteiger partial charge in [-0.1, -0.05) is 24.3 Å². The topological polar surface area (TPSA) is 58.6 Å². The number of carbonyl (C=O) groups is 2. The first kappa shape index (κ1) is 16.0. The van der Waals surface area contributed by atoms with Gasteiger partial charge < -0.3 is 15.0 Å². The van der Waals surface area contributed by atoms with Crippen molar-refractivity contribution in [2.75, 3.05) is 18.1 Å². The molecule has 24 heavy (non-hydrogen) atoms. The van der Waals surface area contributed by atoms with Crippen LogP contribution in [0, 0.1) is 5.82 Å². The molecule has 0 atom stereocenters. The monoisotopic (exact) mass is 328 g/mol. The number of fused-ring (bicyclic) bond motifs is 1. The highest BCUT2D eigenvalue weighted by Crippen LogP contribution is 2.31. The summed E-state index contributed by atoms with van der Waals surface area (Å²) in [6, 6.07) is 13.3. The smallest absolute Gasteiger partial charge is 0.265 e. The molecule has 3 rings (SSSR count). The van der Waals surface area contributed by atoms with Crippen LogP contribution in [0.25, 0.3) is 0 Å². The number of hydrogen-bond donors (Lipinski definition) is 1. The lowest BCUT2D eigenvalue weighted by Gasteiger charge is -2.29. The van der Waals surface area contributed by atoms with Crippen LogP contribution in [0.5, 0.6) is 5.75 Å². The SMILES string of the molecule is O=C(CCN1C(=O)COc2ccccc21)NCc1cccc(F)c1. The van der Waals surface area contributed by atoms with Gasteiger partial charge in [0, 0.05) is 19.5 Å². The zero-order valence-corrected chi connectivity index (χ0v) is 13.0. The number of para-hydroxylation sites is 2. The second-order valence-electron chi connectivity index (χ2n) is 5.46. The Morgan fingerprint density at radius 2 is 2.04 bits per heavy atom. The summed E-state index contributed by atoms with van der Waals surface area (Å²) in [5.74, 6) is -0.0720. The lowest BCUT2D eigenvalue weighted by atomic mass is 10.2. The molecule has 0 radical (unpaired) electrons. The first-order valence-corrected chi connectivity index (χ1v) is 7.67. The van der Waals surface area contributed by atoms with Crippen molar-refractivity contribution in [3.63, 3.8) is 0 Å². The number of rotatable bonds is 5. The molecule has 2 aromatic rings. The Morgan fingerprint density at radius 3 is 2.88 bits per heavy atom. The van der Waals surface area contributed by atoms with Gasteiger partial charge in [-0.15, -0.1) is 0 Å². The maximum absolute atomic E-state index is 13.1. The van der Waals surface area contributed by atoms with E-state index in [9.17, 15) is 14.0 Å². The number of benzene rings is 2. The zero-order valence-electron chi connectivity index (χ0n) is 13.0. The minimum atomic E-state index is -0.336. The van der Waals surface area contributed by atoms with E-state index in [-0.39, 0.29) is 43.7 Å². The molecule has 1 aliphatic rings. The predicted octanol–water partition coefficient (Wildman–Crippen LogP) is 2.26. The number of halogens is 1. The summed E-state index contributed by atoms with van der Waals surface area (Å²) in [6.07, 6.45) is 0.162. The molecule has 0 aromatic heterocycles. The van der Waals surface area contributed by atoms with E-state index in [4.69, 9.17) is 4.74 Å². The van der Waals surface area contributed by atoms with Gasteiger partial charge in [-0.2, -0.15) is 0 Å². The molecule has 0 fully saturated rings. The standard InChI is InChI=1S/C18H17FN2O3/c19-14-5-3-4-13(10-14)11-20-17(22)8-9-21-15-6-1-2-7-16(15)24-12-18(21)23/h1-7,10H,8-9,11-12H2,(H,20,22). The Hall–Kier alpha value is -2.89. The van der Waals surface area contributed by atoms with E-state index in [1.807, 2.05) is 12.1 Å². The Balaban J connectivity index is 1.55. The molecule has 2 amide bonds. The van der Waals surface area contributed by atoms with Crippen LogP contribution in [0.2, 0.25) is 0 Å². The normalized spacial score (nSPS) is 13.2. The zero-order chi connectivity index (χ0) is 16.9. The van der Waals surface area contributed by atoms with Crippen molar-refractivity contribution in [3.8, 4) is 5.75 Å². The number of ether oxygens (including phenoxy) is 1. The average molecular weight is 328 g/mol. The Labute approximate surface area is 139 Å². The molecular weight excluding hydrogens is 311 g/mol. The van der Waals surface area contributed by atoms with Gasteiger partial charge in [-0.05, 0) is 29.8 Å². The number of carbonyl (C=O) groups excluding carboxylic acids is 2. The quantitative estimate of drug-likeness (QED) is 0.916. The predicted molar refractivity (Wildman–Crippen MR) is 87.2 cm³/mol. The molecule has 1 heterocycles. The molecule has 0 saturated carbocycles. The molecule has 124 valence electrons. The van der Waals surface area contributed by atoms with Crippen molar-refractivity contribution < 1.29 is 18.7 Å². The van der Waals surface area contributed by atoms with Crippen LogP contribution in [-0.2, 0) is 16.1 Å². The van der Waals surface area contributed by atoms with Gasteiger partial charge in [0.1, 0.15) is 11.6 Å². The van der Waals surface area contributed by atoms with Gasteiger partial charge in [0.05, 0.1) is 5.69 Å². The lowest BCUT2D eigenvalue weighted by Crippen LogP contribution is -2.41. The summed E-state index contributed by atoms with van der Waals surface area (Å²) in [7, 11) is 0. The molecule has 1 aliphatic heterocycles. The van der Waals surface area contributed by atoms with Crippen LogP contribution in [0.4, 0.5) is 10.1 Å². The molecule has 2 aromatic carbocycles. The van der Waals surface area contributed by atoms with E-state index in [0.29, 0.717) is 17.0 Å². The molecule has 0 bridgehead atoms. The Kier molecular flexibility index (Phi) is 4.74. The van der Waals surface area contributed by atoms with Crippen LogP contribution >= 0.6 is 0 Å². The fraction of sp³-hybridized carbons (Fsp3) is 0.222. The van der Waals surface area contributed by atoms with Crippen LogP contribution in [0.3, 0.4) is 0 Å². The van der Waals surface area contributed by atoms with Crippen molar-refractivity contribution in [1.29, 1.82) is 0 Å². The summed E-state index contributed by atoms with van der Waals surface area (Å²) < 4.78 is 18.5. The van der Waals surface area contributed by atoms with Crippen LogP contribution in [-0.4, -0.2) is 25.0 Å². The van der Waals surface area contributed by atoms with Crippen molar-refractivity contribution in [2.45, 2.75) is 13.0 Å². The van der Waals surface area contributed by atoms with Crippen molar-refractivity contribution in [3.05, 3.63) is 59.9 Å². The van der Waals surface area contributed by atoms with Crippen LogP contribution in [0.1, 0.15) is 12.0 Å². The number of amides is 2. The second-order valence-corrected chi connectivity index (χ2v) is 5.46. The highest BCUT2D eigenvalue weighted by Gasteiger charge is 2.25. The first-order valence-electron chi connectivity index (χ1n) is 7.67. The number of nitrogens with zero attached hydrogens (tertiary/aromatic N) is 1. The Bertz CT molecular complexity index is 763. The van der Waals surface area contributed by atoms with Gasteiger partial charge in [0.2, 0.25) is 5.91 Å². The lowest BCUT2D eigenvalue weighted by molar-refractivity contribution is -0.122. The number of anilines is 1. The highest BCUT2D eigenvalue weighted by molar-refractivity contribution is 5.98. The van der Waals surface area contributed by atoms with E-state index in [1.54, 1.807) is 29.2 Å². The van der Waals surface area contributed by atoms with Gasteiger partial charge >= 0.3 is 0 Å². The minimum absolute atomic E-state index is 0.0259. The highest BCUT2D eigenvalue weighted by atomic mass is 19.1. The van der Waals surface area contributed by atoms with E-state index < -0.39 is 0 Å². The summed E-state index contributed by atoms with van der Waals surface area (Å²) in [6.45, 7) is 0.500. The van der Waals surface area contributed by atoms with Gasteiger partial charge in [0.25, 0.3) is 5.91 Å². The molecule has 0 spiro atoms. The number of hydrogen-bond acceptors (Lipinski definition) is 3. The maximum atomic E-state index is 13.1. The third-order valence-corrected chi connectivity index (χ3v) is 3.75. The van der Waals surface area contributed by atoms with Crippen molar-refractivity contribution in [1.82, 2.24) is 5.32 Å². The summed E-state index contributed by atoms with van der Waals surface area (Å²) in [4.78, 5) is 25.6. The fourth-order valence-corrected chi connectivity index (χ4v) is 2.55. The second kappa shape index (κ2) is 7.12. The van der Waals surface area contributed by atoms with E-state index in [1.165, 1.54) is 12.1 Å². The summed E-state index contributed by atoms with van der Waals surface area (Å²) in [5.41, 5.74) is 1.36. The van der Waals surface area contributed by atoms with Crippen LogP contribution in [0.15, 0.2) is 48.5 Å².